The molecule has 0 bridgehead atoms. The number of carbonyl (C=O) groups is 2. The van der Waals surface area contributed by atoms with Crippen LogP contribution in [-0.2, 0) is 4.79 Å². The van der Waals surface area contributed by atoms with Gasteiger partial charge in [0.15, 0.2) is 0 Å². The van der Waals surface area contributed by atoms with Crippen LogP contribution in [0.3, 0.4) is 0 Å². The van der Waals surface area contributed by atoms with E-state index in [1.54, 1.807) is 24.5 Å². The van der Waals surface area contributed by atoms with E-state index < -0.39 is 0 Å². The Balaban J connectivity index is 1.60. The van der Waals surface area contributed by atoms with Crippen molar-refractivity contribution in [3.63, 3.8) is 0 Å². The van der Waals surface area contributed by atoms with Gasteiger partial charge in [-0.05, 0) is 39.4 Å². The molecule has 0 aromatic carbocycles. The first-order valence-corrected chi connectivity index (χ1v) is 8.10. The Morgan fingerprint density at radius 1 is 1.35 bits per heavy atom. The van der Waals surface area contributed by atoms with Gasteiger partial charge in [0, 0.05) is 43.5 Å². The number of likely N-dealkylation sites (tertiary alicyclic amines) is 2. The summed E-state index contributed by atoms with van der Waals surface area (Å²) in [6, 6.07) is 3.63. The normalized spacial score (nSPS) is 23.1. The van der Waals surface area contributed by atoms with E-state index in [-0.39, 0.29) is 29.3 Å². The van der Waals surface area contributed by atoms with Crippen molar-refractivity contribution >= 4 is 11.8 Å². The second-order valence-electron chi connectivity index (χ2n) is 7.20. The van der Waals surface area contributed by atoms with Crippen LogP contribution in [0.4, 0.5) is 0 Å². The summed E-state index contributed by atoms with van der Waals surface area (Å²) < 4.78 is 0. The molecule has 0 aliphatic carbocycles. The molecule has 0 saturated carbocycles. The Hall–Kier alpha value is -1.95. The van der Waals surface area contributed by atoms with Crippen LogP contribution in [0.15, 0.2) is 24.5 Å². The average molecular weight is 316 g/mol. The van der Waals surface area contributed by atoms with Crippen molar-refractivity contribution in [2.24, 2.45) is 5.41 Å². The lowest BCUT2D eigenvalue weighted by atomic mass is 9.77. The smallest absolute Gasteiger partial charge is 0.255 e. The first-order valence-electron chi connectivity index (χ1n) is 8.10. The molecule has 6 heteroatoms. The van der Waals surface area contributed by atoms with Gasteiger partial charge in [0.1, 0.15) is 0 Å². The molecule has 2 amide bonds. The minimum Gasteiger partial charge on any atom is -0.353 e. The van der Waals surface area contributed by atoms with Gasteiger partial charge in [0.25, 0.3) is 5.91 Å². The third-order valence-corrected chi connectivity index (χ3v) is 4.73. The number of nitrogens with zero attached hydrogens (tertiary/aromatic N) is 3. The molecular weight excluding hydrogens is 292 g/mol. The molecule has 2 saturated heterocycles. The first-order chi connectivity index (χ1) is 10.9. The lowest BCUT2D eigenvalue weighted by Gasteiger charge is -2.48. The van der Waals surface area contributed by atoms with Crippen molar-refractivity contribution < 1.29 is 9.59 Å². The first kappa shape index (κ1) is 15.9. The van der Waals surface area contributed by atoms with E-state index >= 15 is 0 Å². The number of likely N-dealkylation sites (N-methyl/N-ethyl adjacent to an activating group) is 1. The number of carbonyl (C=O) groups excluding carboxylic acids is 2. The monoisotopic (exact) mass is 316 g/mol. The third kappa shape index (κ3) is 3.08. The Bertz CT molecular complexity index is 596. The summed E-state index contributed by atoms with van der Waals surface area (Å²) in [5, 5.41) is 2.99. The molecule has 1 N–H and O–H groups in total. The zero-order valence-corrected chi connectivity index (χ0v) is 14.0. The fourth-order valence-electron chi connectivity index (χ4n) is 3.75. The van der Waals surface area contributed by atoms with Crippen molar-refractivity contribution in [2.75, 3.05) is 26.7 Å². The van der Waals surface area contributed by atoms with Gasteiger partial charge in [-0.15, -0.1) is 0 Å². The highest BCUT2D eigenvalue weighted by molar-refractivity contribution is 5.94. The summed E-state index contributed by atoms with van der Waals surface area (Å²) in [7, 11) is 1.99. The lowest BCUT2D eigenvalue weighted by Crippen LogP contribution is -2.59. The van der Waals surface area contributed by atoms with Gasteiger partial charge in [-0.2, -0.15) is 0 Å². The van der Waals surface area contributed by atoms with Gasteiger partial charge in [-0.1, -0.05) is 0 Å². The zero-order chi connectivity index (χ0) is 16.6. The molecule has 1 spiro atoms. The van der Waals surface area contributed by atoms with Crippen LogP contribution in [0.2, 0.25) is 0 Å². The Morgan fingerprint density at radius 3 is 2.70 bits per heavy atom. The Labute approximate surface area is 136 Å². The number of pyridine rings is 1. The largest absolute Gasteiger partial charge is 0.353 e. The van der Waals surface area contributed by atoms with Gasteiger partial charge < -0.3 is 10.2 Å². The summed E-state index contributed by atoms with van der Waals surface area (Å²) in [6.45, 7) is 6.24. The average Bonchev–Trinajstić information content (AvgIpc) is 2.83. The van der Waals surface area contributed by atoms with Crippen LogP contribution in [0.1, 0.15) is 30.6 Å². The second kappa shape index (κ2) is 5.92. The van der Waals surface area contributed by atoms with E-state index in [0.29, 0.717) is 5.56 Å². The summed E-state index contributed by atoms with van der Waals surface area (Å²) in [4.78, 5) is 32.7. The predicted octanol–water partition coefficient (Wildman–Crippen LogP) is 0.752. The molecule has 1 aromatic heterocycles. The molecular formula is C17H24N4O2. The molecule has 23 heavy (non-hydrogen) atoms. The van der Waals surface area contributed by atoms with Crippen molar-refractivity contribution in [1.82, 2.24) is 20.1 Å². The molecule has 1 aromatic rings. The molecule has 2 fully saturated rings. The predicted molar refractivity (Wildman–Crippen MR) is 86.9 cm³/mol. The maximum Gasteiger partial charge on any atom is 0.255 e. The number of nitrogens with one attached hydrogen (secondary N) is 1. The molecule has 1 atom stereocenters. The van der Waals surface area contributed by atoms with Crippen molar-refractivity contribution in [1.29, 1.82) is 0 Å². The van der Waals surface area contributed by atoms with Gasteiger partial charge in [0.2, 0.25) is 5.91 Å². The van der Waals surface area contributed by atoms with Crippen molar-refractivity contribution in [3.05, 3.63) is 30.1 Å². The lowest BCUT2D eigenvalue weighted by molar-refractivity contribution is -0.125. The Kier molecular flexibility index (Phi) is 4.10. The minimum absolute atomic E-state index is 0.0291. The van der Waals surface area contributed by atoms with Crippen LogP contribution in [0, 0.1) is 5.41 Å². The third-order valence-electron chi connectivity index (χ3n) is 4.73. The highest BCUT2D eigenvalue weighted by Crippen LogP contribution is 2.42. The molecule has 6 nitrogen and oxygen atoms in total. The molecule has 2 aliphatic heterocycles. The van der Waals surface area contributed by atoms with Crippen LogP contribution in [-0.4, -0.2) is 65.4 Å². The number of rotatable bonds is 3. The van der Waals surface area contributed by atoms with Gasteiger partial charge in [-0.25, -0.2) is 0 Å². The molecule has 1 unspecified atom stereocenters. The maximum atomic E-state index is 12.4. The summed E-state index contributed by atoms with van der Waals surface area (Å²) in [6.07, 6.45) is 4.09. The van der Waals surface area contributed by atoms with Gasteiger partial charge >= 0.3 is 0 Å². The zero-order valence-electron chi connectivity index (χ0n) is 14.0. The molecule has 0 radical (unpaired) electrons. The topological polar surface area (TPSA) is 65.5 Å². The minimum atomic E-state index is -0.0898. The summed E-state index contributed by atoms with van der Waals surface area (Å²) >= 11 is 0. The van der Waals surface area contributed by atoms with Crippen LogP contribution >= 0.6 is 0 Å². The van der Waals surface area contributed by atoms with Crippen LogP contribution in [0.5, 0.6) is 0 Å². The van der Waals surface area contributed by atoms with E-state index in [0.717, 1.165) is 26.1 Å². The van der Waals surface area contributed by atoms with Crippen LogP contribution < -0.4 is 5.32 Å². The van der Waals surface area contributed by atoms with E-state index in [2.05, 4.69) is 15.2 Å². The number of amides is 2. The molecule has 3 heterocycles. The Morgan fingerprint density at radius 2 is 2.09 bits per heavy atom. The highest BCUT2D eigenvalue weighted by Gasteiger charge is 2.53. The highest BCUT2D eigenvalue weighted by atomic mass is 16.2. The van der Waals surface area contributed by atoms with E-state index in [9.17, 15) is 9.59 Å². The fourth-order valence-corrected chi connectivity index (χ4v) is 3.75. The van der Waals surface area contributed by atoms with Gasteiger partial charge in [-0.3, -0.25) is 19.5 Å². The van der Waals surface area contributed by atoms with Crippen LogP contribution in [0.25, 0.3) is 0 Å². The standard InChI is InChI=1S/C17H24N4O2/c1-12(2)19-15(22)14-7-17(9-20(14)3)10-21(11-17)16(23)13-5-4-6-18-8-13/h4-6,8,12,14H,7,9-11H2,1-3H3,(H,19,22). The maximum absolute atomic E-state index is 12.4. The SMILES string of the molecule is CC(C)NC(=O)C1CC2(CN(C(=O)c3cccnc3)C2)CN1C. The van der Waals surface area contributed by atoms with E-state index in [1.165, 1.54) is 0 Å². The number of hydrogen-bond acceptors (Lipinski definition) is 4. The fraction of sp³-hybridized carbons (Fsp3) is 0.588. The second-order valence-corrected chi connectivity index (χ2v) is 7.20. The number of aromatic nitrogens is 1. The van der Waals surface area contributed by atoms with Crippen molar-refractivity contribution in [2.45, 2.75) is 32.4 Å². The van der Waals surface area contributed by atoms with E-state index in [4.69, 9.17) is 0 Å². The molecule has 3 rings (SSSR count). The summed E-state index contributed by atoms with van der Waals surface area (Å²) in [5.41, 5.74) is 0.689. The van der Waals surface area contributed by atoms with Gasteiger partial charge in [0.05, 0.1) is 11.6 Å². The summed E-state index contributed by atoms with van der Waals surface area (Å²) in [5.74, 6) is 0.123. The molecule has 2 aliphatic rings. The van der Waals surface area contributed by atoms with Crippen molar-refractivity contribution in [3.8, 4) is 0 Å². The number of hydrogen-bond donors (Lipinski definition) is 1. The van der Waals surface area contributed by atoms with E-state index in [1.807, 2.05) is 25.8 Å². The molecule has 124 valence electrons. The quantitative estimate of drug-likeness (QED) is 0.894.